The second-order valence-electron chi connectivity index (χ2n) is 9.84. The zero-order valence-corrected chi connectivity index (χ0v) is 17.4. The third kappa shape index (κ3) is 3.07. The van der Waals surface area contributed by atoms with Gasteiger partial charge in [0, 0.05) is 25.2 Å². The van der Waals surface area contributed by atoms with Crippen molar-refractivity contribution in [3.63, 3.8) is 0 Å². The number of piperidine rings is 1. The van der Waals surface area contributed by atoms with Gasteiger partial charge in [0.25, 0.3) is 0 Å². The number of fused-ring (bicyclic) bond motifs is 2. The van der Waals surface area contributed by atoms with E-state index in [9.17, 15) is 9.59 Å². The number of hydrogen-bond acceptors (Lipinski definition) is 4. The molecule has 1 aliphatic heterocycles. The number of aromatic nitrogens is 2. The maximum Gasteiger partial charge on any atom is 0.410 e. The van der Waals surface area contributed by atoms with Crippen molar-refractivity contribution in [2.45, 2.75) is 51.7 Å². The van der Waals surface area contributed by atoms with Crippen LogP contribution in [0.15, 0.2) is 24.5 Å². The zero-order valence-electron chi connectivity index (χ0n) is 17.4. The molecule has 154 valence electrons. The Balaban J connectivity index is 1.24. The number of imidazole rings is 1. The van der Waals surface area contributed by atoms with Crippen LogP contribution < -0.4 is 5.32 Å². The van der Waals surface area contributed by atoms with Gasteiger partial charge in [-0.05, 0) is 64.0 Å². The minimum absolute atomic E-state index is 0.000811. The lowest BCUT2D eigenvalue weighted by Gasteiger charge is -2.26. The van der Waals surface area contributed by atoms with Gasteiger partial charge in [-0.15, -0.1) is 0 Å². The van der Waals surface area contributed by atoms with Crippen LogP contribution in [0.3, 0.4) is 0 Å². The first kappa shape index (κ1) is 18.5. The molecule has 0 bridgehead atoms. The van der Waals surface area contributed by atoms with E-state index in [1.165, 1.54) is 5.56 Å². The second-order valence-corrected chi connectivity index (χ2v) is 9.84. The molecule has 2 aromatic rings. The highest BCUT2D eigenvalue weighted by Crippen LogP contribution is 2.53. The molecule has 3 aliphatic rings. The van der Waals surface area contributed by atoms with Crippen LogP contribution >= 0.6 is 0 Å². The summed E-state index contributed by atoms with van der Waals surface area (Å²) in [4.78, 5) is 31.6. The summed E-state index contributed by atoms with van der Waals surface area (Å²) >= 11 is 0. The van der Waals surface area contributed by atoms with Crippen molar-refractivity contribution in [2.75, 3.05) is 13.1 Å². The summed E-state index contributed by atoms with van der Waals surface area (Å²) in [5.41, 5.74) is 1.41. The molecule has 29 heavy (non-hydrogen) atoms. The van der Waals surface area contributed by atoms with Crippen LogP contribution in [0.1, 0.15) is 45.0 Å². The minimum Gasteiger partial charge on any atom is -0.444 e. The molecule has 0 spiro atoms. The standard InChI is InChI=1S/C22H28N4O3/c1-13-6-5-9-26-16(13)10-23-19(26)22(7-8-22)24-18(27)17-14-11-25(12-15(14)17)20(28)29-21(2,3)4/h5-6,9-10,14-15,17H,7-8,11-12H2,1-4H3,(H,24,27)/t14-,15+,17?. The number of likely N-dealkylation sites (tertiary alicyclic amines) is 1. The van der Waals surface area contributed by atoms with E-state index in [4.69, 9.17) is 4.74 Å². The van der Waals surface area contributed by atoms with Gasteiger partial charge in [-0.2, -0.15) is 0 Å². The van der Waals surface area contributed by atoms with E-state index >= 15 is 0 Å². The maximum atomic E-state index is 13.0. The number of nitrogens with one attached hydrogen (secondary N) is 1. The Kier molecular flexibility index (Phi) is 3.80. The number of pyridine rings is 1. The molecule has 7 nitrogen and oxygen atoms in total. The molecule has 3 heterocycles. The number of carbonyl (C=O) groups excluding carboxylic acids is 2. The summed E-state index contributed by atoms with van der Waals surface area (Å²) in [7, 11) is 0. The molecular weight excluding hydrogens is 368 g/mol. The Morgan fingerprint density at radius 2 is 1.93 bits per heavy atom. The summed E-state index contributed by atoms with van der Waals surface area (Å²) in [5, 5.41) is 3.30. The number of amides is 2. The highest BCUT2D eigenvalue weighted by atomic mass is 16.6. The fourth-order valence-electron chi connectivity index (χ4n) is 4.76. The number of aryl methyl sites for hydroxylation is 1. The first-order chi connectivity index (χ1) is 13.7. The van der Waals surface area contributed by atoms with Crippen LogP contribution in [0.25, 0.3) is 5.52 Å². The molecule has 1 unspecified atom stereocenters. The van der Waals surface area contributed by atoms with Crippen LogP contribution in [0.4, 0.5) is 4.79 Å². The second kappa shape index (κ2) is 5.97. The molecule has 1 N–H and O–H groups in total. The van der Waals surface area contributed by atoms with Crippen molar-refractivity contribution in [1.82, 2.24) is 19.6 Å². The smallest absolute Gasteiger partial charge is 0.410 e. The average molecular weight is 396 g/mol. The van der Waals surface area contributed by atoms with E-state index in [1.807, 2.05) is 39.2 Å². The van der Waals surface area contributed by atoms with E-state index in [0.29, 0.717) is 13.1 Å². The van der Waals surface area contributed by atoms with Crippen molar-refractivity contribution in [3.8, 4) is 0 Å². The van der Waals surface area contributed by atoms with Crippen molar-refractivity contribution in [1.29, 1.82) is 0 Å². The van der Waals surface area contributed by atoms with Gasteiger partial charge < -0.3 is 19.4 Å². The predicted octanol–water partition coefficient (Wildman–Crippen LogP) is 2.86. The molecule has 1 saturated heterocycles. The minimum atomic E-state index is -0.496. The van der Waals surface area contributed by atoms with Gasteiger partial charge in [0.2, 0.25) is 5.91 Å². The van der Waals surface area contributed by atoms with E-state index < -0.39 is 5.60 Å². The summed E-state index contributed by atoms with van der Waals surface area (Å²) in [6, 6.07) is 4.09. The SMILES string of the molecule is Cc1cccn2c(C3(NC(=O)C4[C@H]5CN(C(=O)OC(C)(C)C)C[C@@H]45)CC3)ncc12. The molecule has 2 saturated carbocycles. The normalized spacial score (nSPS) is 26.9. The number of hydrogen-bond donors (Lipinski definition) is 1. The molecule has 2 amide bonds. The Morgan fingerprint density at radius 3 is 2.55 bits per heavy atom. The number of ether oxygens (including phenoxy) is 1. The van der Waals surface area contributed by atoms with Gasteiger partial charge in [0.15, 0.2) is 0 Å². The lowest BCUT2D eigenvalue weighted by Crippen LogP contribution is -2.41. The van der Waals surface area contributed by atoms with E-state index in [1.54, 1.807) is 4.90 Å². The topological polar surface area (TPSA) is 75.9 Å². The van der Waals surface area contributed by atoms with Crippen LogP contribution in [-0.4, -0.2) is 45.0 Å². The number of rotatable bonds is 3. The molecule has 7 heteroatoms. The molecule has 0 radical (unpaired) electrons. The quantitative estimate of drug-likeness (QED) is 0.866. The summed E-state index contributed by atoms with van der Waals surface area (Å²) < 4.78 is 7.55. The fourth-order valence-corrected chi connectivity index (χ4v) is 4.76. The Morgan fingerprint density at radius 1 is 1.24 bits per heavy atom. The molecular formula is C22H28N4O3. The van der Waals surface area contributed by atoms with Gasteiger partial charge in [0.1, 0.15) is 11.4 Å². The lowest BCUT2D eigenvalue weighted by atomic mass is 10.2. The van der Waals surface area contributed by atoms with Crippen molar-refractivity contribution >= 4 is 17.5 Å². The molecule has 2 aliphatic carbocycles. The molecule has 2 aromatic heterocycles. The highest BCUT2D eigenvalue weighted by Gasteiger charge is 2.62. The number of nitrogens with zero attached hydrogens (tertiary/aromatic N) is 3. The Hall–Kier alpha value is -2.57. The summed E-state index contributed by atoms with van der Waals surface area (Å²) in [6.45, 7) is 8.89. The van der Waals surface area contributed by atoms with Crippen LogP contribution in [-0.2, 0) is 15.1 Å². The lowest BCUT2D eigenvalue weighted by molar-refractivity contribution is -0.124. The van der Waals surface area contributed by atoms with E-state index in [0.717, 1.165) is 24.2 Å². The molecule has 3 atom stereocenters. The Labute approximate surface area is 170 Å². The van der Waals surface area contributed by atoms with Crippen molar-refractivity contribution in [3.05, 3.63) is 35.9 Å². The largest absolute Gasteiger partial charge is 0.444 e. The van der Waals surface area contributed by atoms with Crippen LogP contribution in [0.5, 0.6) is 0 Å². The average Bonchev–Trinajstić information content (AvgIpc) is 3.42. The van der Waals surface area contributed by atoms with Crippen molar-refractivity contribution < 1.29 is 14.3 Å². The Bertz CT molecular complexity index is 989. The predicted molar refractivity (Wildman–Crippen MR) is 107 cm³/mol. The summed E-state index contributed by atoms with van der Waals surface area (Å²) in [5.74, 6) is 1.52. The van der Waals surface area contributed by atoms with Gasteiger partial charge >= 0.3 is 6.09 Å². The highest BCUT2D eigenvalue weighted by molar-refractivity contribution is 5.84. The third-order valence-electron chi connectivity index (χ3n) is 6.47. The monoisotopic (exact) mass is 396 g/mol. The molecule has 3 fully saturated rings. The van der Waals surface area contributed by atoms with Gasteiger partial charge in [0.05, 0.1) is 17.3 Å². The first-order valence-electron chi connectivity index (χ1n) is 10.4. The van der Waals surface area contributed by atoms with Crippen LogP contribution in [0, 0.1) is 24.7 Å². The van der Waals surface area contributed by atoms with Gasteiger partial charge in [-0.25, -0.2) is 9.78 Å². The van der Waals surface area contributed by atoms with Gasteiger partial charge in [-0.1, -0.05) is 6.07 Å². The fraction of sp³-hybridized carbons (Fsp3) is 0.591. The van der Waals surface area contributed by atoms with E-state index in [-0.39, 0.29) is 35.3 Å². The maximum absolute atomic E-state index is 13.0. The molecule has 5 rings (SSSR count). The van der Waals surface area contributed by atoms with Gasteiger partial charge in [-0.3, -0.25) is 4.79 Å². The third-order valence-corrected chi connectivity index (χ3v) is 6.47. The zero-order chi connectivity index (χ0) is 20.6. The van der Waals surface area contributed by atoms with E-state index in [2.05, 4.69) is 27.7 Å². The van der Waals surface area contributed by atoms with Crippen LogP contribution in [0.2, 0.25) is 0 Å². The van der Waals surface area contributed by atoms with Crippen molar-refractivity contribution in [2.24, 2.45) is 17.8 Å². The summed E-state index contributed by atoms with van der Waals surface area (Å²) in [6.07, 6.45) is 5.46. The molecule has 0 aromatic carbocycles. The first-order valence-corrected chi connectivity index (χ1v) is 10.4. The number of carbonyl (C=O) groups is 2.